The van der Waals surface area contributed by atoms with Crippen molar-refractivity contribution < 1.29 is 14.3 Å². The van der Waals surface area contributed by atoms with Crippen LogP contribution in [-0.2, 0) is 16.0 Å². The molecular weight excluding hydrogens is 206 g/mol. The number of carbonyl (C=O) groups excluding carboxylic acids is 1. The molecular formula is C12H15NO3. The molecule has 4 nitrogen and oxygen atoms in total. The Morgan fingerprint density at radius 2 is 2.31 bits per heavy atom. The van der Waals surface area contributed by atoms with Crippen molar-refractivity contribution in [3.8, 4) is 5.88 Å². The van der Waals surface area contributed by atoms with Gasteiger partial charge in [-0.3, -0.25) is 4.79 Å². The highest BCUT2D eigenvalue weighted by Crippen LogP contribution is 2.43. The van der Waals surface area contributed by atoms with Crippen molar-refractivity contribution in [3.05, 3.63) is 23.4 Å². The molecule has 0 amide bonds. The summed E-state index contributed by atoms with van der Waals surface area (Å²) in [6.45, 7) is 0.818. The molecule has 2 rings (SSSR count). The quantitative estimate of drug-likeness (QED) is 0.541. The number of aromatic nitrogens is 1. The first kappa shape index (κ1) is 10.9. The fourth-order valence-electron chi connectivity index (χ4n) is 1.71. The van der Waals surface area contributed by atoms with Crippen molar-refractivity contribution in [2.45, 2.75) is 25.2 Å². The molecule has 0 radical (unpaired) electrons. The monoisotopic (exact) mass is 221 g/mol. The third-order valence-electron chi connectivity index (χ3n) is 2.70. The second-order valence-electron chi connectivity index (χ2n) is 3.89. The van der Waals surface area contributed by atoms with Gasteiger partial charge in [0.2, 0.25) is 5.88 Å². The molecule has 16 heavy (non-hydrogen) atoms. The van der Waals surface area contributed by atoms with Crippen LogP contribution in [0, 0.1) is 0 Å². The van der Waals surface area contributed by atoms with Crippen LogP contribution in [0.25, 0.3) is 0 Å². The molecule has 1 aromatic heterocycles. The van der Waals surface area contributed by atoms with Crippen LogP contribution in [0.4, 0.5) is 0 Å². The fraction of sp³-hybridized carbons (Fsp3) is 0.500. The molecule has 86 valence electrons. The Morgan fingerprint density at radius 1 is 1.50 bits per heavy atom. The maximum absolute atomic E-state index is 10.0. The van der Waals surface area contributed by atoms with E-state index < -0.39 is 0 Å². The first-order valence-electron chi connectivity index (χ1n) is 5.44. The van der Waals surface area contributed by atoms with Gasteiger partial charge in [0, 0.05) is 17.7 Å². The number of methoxy groups -OCH3 is 1. The second-order valence-corrected chi connectivity index (χ2v) is 3.89. The van der Waals surface area contributed by atoms with E-state index in [2.05, 4.69) is 15.8 Å². The predicted molar refractivity (Wildman–Crippen MR) is 58.5 cm³/mol. The number of pyridine rings is 1. The summed E-state index contributed by atoms with van der Waals surface area (Å²) >= 11 is 0. The van der Waals surface area contributed by atoms with Gasteiger partial charge >= 0.3 is 0 Å². The minimum absolute atomic E-state index is 0.364. The highest BCUT2D eigenvalue weighted by molar-refractivity contribution is 5.37. The van der Waals surface area contributed by atoms with E-state index in [0.717, 1.165) is 5.69 Å². The molecule has 0 saturated heterocycles. The van der Waals surface area contributed by atoms with Gasteiger partial charge < -0.3 is 9.47 Å². The number of hydrogen-bond donors (Lipinski definition) is 0. The van der Waals surface area contributed by atoms with Crippen LogP contribution in [0.15, 0.2) is 12.1 Å². The maximum atomic E-state index is 10.0. The highest BCUT2D eigenvalue weighted by Gasteiger charge is 2.27. The van der Waals surface area contributed by atoms with Crippen molar-refractivity contribution >= 4 is 6.47 Å². The van der Waals surface area contributed by atoms with E-state index in [1.807, 2.05) is 6.07 Å². The fourth-order valence-corrected chi connectivity index (χ4v) is 1.71. The minimum atomic E-state index is 0.364. The third kappa shape index (κ3) is 2.51. The van der Waals surface area contributed by atoms with E-state index in [4.69, 9.17) is 4.74 Å². The van der Waals surface area contributed by atoms with Crippen LogP contribution in [0.2, 0.25) is 0 Å². The Bertz CT molecular complexity index is 375. The summed E-state index contributed by atoms with van der Waals surface area (Å²) in [4.78, 5) is 14.4. The van der Waals surface area contributed by atoms with Gasteiger partial charge in [0.25, 0.3) is 6.47 Å². The largest absolute Gasteiger partial charge is 0.481 e. The molecule has 0 unspecified atom stereocenters. The summed E-state index contributed by atoms with van der Waals surface area (Å²) in [7, 11) is 1.64. The summed E-state index contributed by atoms with van der Waals surface area (Å²) in [5.74, 6) is 1.34. The highest BCUT2D eigenvalue weighted by atomic mass is 16.5. The molecule has 1 heterocycles. The lowest BCUT2D eigenvalue weighted by Crippen LogP contribution is -2.02. The zero-order valence-electron chi connectivity index (χ0n) is 9.31. The van der Waals surface area contributed by atoms with E-state index in [1.54, 1.807) is 7.11 Å². The van der Waals surface area contributed by atoms with E-state index in [9.17, 15) is 4.79 Å². The van der Waals surface area contributed by atoms with Crippen molar-refractivity contribution in [2.24, 2.45) is 0 Å². The Morgan fingerprint density at radius 3 is 2.94 bits per heavy atom. The molecule has 1 fully saturated rings. The lowest BCUT2D eigenvalue weighted by molar-refractivity contribution is -0.128. The summed E-state index contributed by atoms with van der Waals surface area (Å²) in [6.07, 6.45) is 3.08. The van der Waals surface area contributed by atoms with E-state index in [1.165, 1.54) is 18.4 Å². The number of ether oxygens (including phenoxy) is 2. The molecule has 1 aliphatic rings. The molecule has 0 atom stereocenters. The molecule has 0 N–H and O–H groups in total. The van der Waals surface area contributed by atoms with E-state index in [0.29, 0.717) is 31.3 Å². The lowest BCUT2D eigenvalue weighted by atomic mass is 10.1. The van der Waals surface area contributed by atoms with Crippen LogP contribution in [-0.4, -0.2) is 25.2 Å². The van der Waals surface area contributed by atoms with Gasteiger partial charge in [-0.1, -0.05) is 6.07 Å². The maximum Gasteiger partial charge on any atom is 0.293 e. The molecule has 0 aromatic carbocycles. The van der Waals surface area contributed by atoms with Crippen LogP contribution >= 0.6 is 0 Å². The number of carbonyl (C=O) groups is 1. The number of nitrogens with zero attached hydrogens (tertiary/aromatic N) is 1. The molecule has 0 bridgehead atoms. The summed E-state index contributed by atoms with van der Waals surface area (Å²) in [6, 6.07) is 4.05. The number of hydrogen-bond acceptors (Lipinski definition) is 4. The van der Waals surface area contributed by atoms with Crippen molar-refractivity contribution in [1.29, 1.82) is 0 Å². The van der Waals surface area contributed by atoms with Crippen molar-refractivity contribution in [1.82, 2.24) is 4.98 Å². The van der Waals surface area contributed by atoms with E-state index in [-0.39, 0.29) is 0 Å². The van der Waals surface area contributed by atoms with Crippen LogP contribution in [0.3, 0.4) is 0 Å². The molecule has 0 aliphatic heterocycles. The lowest BCUT2D eigenvalue weighted by Gasteiger charge is -2.08. The molecule has 1 aromatic rings. The summed E-state index contributed by atoms with van der Waals surface area (Å²) < 4.78 is 9.91. The zero-order valence-corrected chi connectivity index (χ0v) is 9.31. The van der Waals surface area contributed by atoms with Gasteiger partial charge in [-0.05, 0) is 24.8 Å². The van der Waals surface area contributed by atoms with Crippen molar-refractivity contribution in [3.63, 3.8) is 0 Å². The van der Waals surface area contributed by atoms with Crippen LogP contribution in [0.5, 0.6) is 5.88 Å². The van der Waals surface area contributed by atoms with Crippen LogP contribution in [0.1, 0.15) is 30.0 Å². The van der Waals surface area contributed by atoms with E-state index >= 15 is 0 Å². The Balaban J connectivity index is 2.06. The minimum Gasteiger partial charge on any atom is -0.481 e. The van der Waals surface area contributed by atoms with Crippen molar-refractivity contribution in [2.75, 3.05) is 13.7 Å². The molecule has 4 heteroatoms. The smallest absolute Gasteiger partial charge is 0.293 e. The third-order valence-corrected chi connectivity index (χ3v) is 2.70. The van der Waals surface area contributed by atoms with Gasteiger partial charge in [-0.25, -0.2) is 4.98 Å². The first-order chi connectivity index (χ1) is 7.85. The topological polar surface area (TPSA) is 48.4 Å². The standard InChI is InChI=1S/C12H15NO3/c1-15-12-11(9-2-3-9)5-4-10(13-12)6-7-16-8-14/h4-5,8-9H,2-3,6-7H2,1H3. The van der Waals surface area contributed by atoms with Gasteiger partial charge in [-0.2, -0.15) is 0 Å². The normalized spacial score (nSPS) is 14.6. The van der Waals surface area contributed by atoms with Crippen LogP contribution < -0.4 is 4.74 Å². The Hall–Kier alpha value is -1.58. The molecule has 1 aliphatic carbocycles. The average Bonchev–Trinajstić information content (AvgIpc) is 3.13. The molecule has 0 spiro atoms. The Kier molecular flexibility index (Phi) is 3.39. The zero-order chi connectivity index (χ0) is 11.4. The summed E-state index contributed by atoms with van der Waals surface area (Å²) in [5, 5.41) is 0. The predicted octanol–water partition coefficient (Wildman–Crippen LogP) is 1.68. The van der Waals surface area contributed by atoms with Gasteiger partial charge in [0.05, 0.1) is 13.7 Å². The summed E-state index contributed by atoms with van der Waals surface area (Å²) in [5.41, 5.74) is 2.09. The number of rotatable bonds is 6. The Labute approximate surface area is 94.6 Å². The first-order valence-corrected chi connectivity index (χ1v) is 5.44. The second kappa shape index (κ2) is 4.96. The van der Waals surface area contributed by atoms with Gasteiger partial charge in [-0.15, -0.1) is 0 Å². The average molecular weight is 221 g/mol. The van der Waals surface area contributed by atoms with Gasteiger partial charge in [0.1, 0.15) is 0 Å². The van der Waals surface area contributed by atoms with Gasteiger partial charge in [0.15, 0.2) is 0 Å². The SMILES string of the molecule is COc1nc(CCOC=O)ccc1C1CC1. The molecule has 1 saturated carbocycles.